The molecule has 0 aromatic heterocycles. The molecule has 3 rings (SSSR count). The van der Waals surface area contributed by atoms with E-state index >= 15 is 0 Å². The van der Waals surface area contributed by atoms with E-state index in [9.17, 15) is 0 Å². The van der Waals surface area contributed by atoms with Gasteiger partial charge in [0.25, 0.3) is 0 Å². The standard InChI is InChI=1S/C13H10Br2O2/c14-10-4-8-6-12-13(17-3-1-2-16-12)7-9(8)5-11(10)15/h4-7H,1-3H2. The minimum absolute atomic E-state index is 0.718. The van der Waals surface area contributed by atoms with Crippen LogP contribution >= 0.6 is 31.9 Å². The Hall–Kier alpha value is -0.740. The fraction of sp³-hybridized carbons (Fsp3) is 0.231. The molecule has 0 spiro atoms. The van der Waals surface area contributed by atoms with Gasteiger partial charge in [-0.15, -0.1) is 0 Å². The number of benzene rings is 2. The van der Waals surface area contributed by atoms with Crippen LogP contribution in [0.5, 0.6) is 11.5 Å². The topological polar surface area (TPSA) is 18.5 Å². The summed E-state index contributed by atoms with van der Waals surface area (Å²) in [5.74, 6) is 1.67. The third-order valence-corrected chi connectivity index (χ3v) is 4.59. The number of ether oxygens (including phenoxy) is 2. The molecule has 2 aromatic carbocycles. The first-order chi connectivity index (χ1) is 8.24. The van der Waals surface area contributed by atoms with Crippen molar-refractivity contribution >= 4 is 42.6 Å². The molecular formula is C13H10Br2O2. The Morgan fingerprint density at radius 1 is 0.765 bits per heavy atom. The molecule has 0 unspecified atom stereocenters. The van der Waals surface area contributed by atoms with E-state index in [1.165, 1.54) is 0 Å². The zero-order chi connectivity index (χ0) is 11.8. The maximum atomic E-state index is 5.67. The van der Waals surface area contributed by atoms with E-state index in [-0.39, 0.29) is 0 Å². The van der Waals surface area contributed by atoms with Gasteiger partial charge in [0, 0.05) is 15.4 Å². The van der Waals surface area contributed by atoms with Crippen LogP contribution in [-0.2, 0) is 0 Å². The van der Waals surface area contributed by atoms with Crippen LogP contribution in [0.25, 0.3) is 10.8 Å². The number of rotatable bonds is 0. The molecule has 0 aliphatic carbocycles. The van der Waals surface area contributed by atoms with Crippen molar-refractivity contribution in [2.45, 2.75) is 6.42 Å². The summed E-state index contributed by atoms with van der Waals surface area (Å²) in [5.41, 5.74) is 0. The Labute approximate surface area is 116 Å². The average molecular weight is 358 g/mol. The van der Waals surface area contributed by atoms with E-state index in [1.54, 1.807) is 0 Å². The third-order valence-electron chi connectivity index (χ3n) is 2.75. The van der Waals surface area contributed by atoms with Gasteiger partial charge in [-0.25, -0.2) is 0 Å². The fourth-order valence-electron chi connectivity index (χ4n) is 1.90. The lowest BCUT2D eigenvalue weighted by molar-refractivity contribution is 0.297. The minimum Gasteiger partial charge on any atom is -0.490 e. The Bertz CT molecular complexity index is 531. The smallest absolute Gasteiger partial charge is 0.161 e. The Balaban J connectivity index is 2.22. The molecule has 17 heavy (non-hydrogen) atoms. The Morgan fingerprint density at radius 3 is 1.71 bits per heavy atom. The maximum Gasteiger partial charge on any atom is 0.161 e. The van der Waals surface area contributed by atoms with E-state index in [0.29, 0.717) is 0 Å². The van der Waals surface area contributed by atoms with E-state index in [2.05, 4.69) is 44.0 Å². The van der Waals surface area contributed by atoms with Crippen molar-refractivity contribution in [1.29, 1.82) is 0 Å². The van der Waals surface area contributed by atoms with Gasteiger partial charge in [-0.1, -0.05) is 0 Å². The molecule has 0 amide bonds. The largest absolute Gasteiger partial charge is 0.490 e. The van der Waals surface area contributed by atoms with Crippen LogP contribution in [0.3, 0.4) is 0 Å². The zero-order valence-corrected chi connectivity index (χ0v) is 12.2. The highest BCUT2D eigenvalue weighted by atomic mass is 79.9. The quantitative estimate of drug-likeness (QED) is 0.689. The van der Waals surface area contributed by atoms with Gasteiger partial charge in [0.15, 0.2) is 11.5 Å². The molecule has 0 fully saturated rings. The van der Waals surface area contributed by atoms with Gasteiger partial charge in [-0.3, -0.25) is 0 Å². The highest BCUT2D eigenvalue weighted by Crippen LogP contribution is 2.37. The van der Waals surface area contributed by atoms with Gasteiger partial charge in [-0.2, -0.15) is 0 Å². The molecule has 0 saturated carbocycles. The van der Waals surface area contributed by atoms with Crippen LogP contribution in [0.2, 0.25) is 0 Å². The summed E-state index contributed by atoms with van der Waals surface area (Å²) < 4.78 is 13.4. The van der Waals surface area contributed by atoms with Crippen LogP contribution in [0.15, 0.2) is 33.2 Å². The van der Waals surface area contributed by atoms with E-state index < -0.39 is 0 Å². The predicted octanol–water partition coefficient (Wildman–Crippen LogP) is 4.53. The molecule has 88 valence electrons. The fourth-order valence-corrected chi connectivity index (χ4v) is 2.62. The number of hydrogen-bond donors (Lipinski definition) is 0. The van der Waals surface area contributed by atoms with Crippen molar-refractivity contribution in [2.24, 2.45) is 0 Å². The van der Waals surface area contributed by atoms with E-state index in [1.807, 2.05) is 12.1 Å². The second-order valence-electron chi connectivity index (χ2n) is 3.96. The summed E-state index contributed by atoms with van der Waals surface area (Å²) in [6, 6.07) is 8.22. The molecular weight excluding hydrogens is 348 g/mol. The van der Waals surface area contributed by atoms with Crippen LogP contribution in [0.1, 0.15) is 6.42 Å². The predicted molar refractivity (Wildman–Crippen MR) is 75.0 cm³/mol. The molecule has 0 atom stereocenters. The van der Waals surface area contributed by atoms with Crippen molar-refractivity contribution in [3.8, 4) is 11.5 Å². The normalized spacial score (nSPS) is 14.7. The number of hydrogen-bond acceptors (Lipinski definition) is 2. The molecule has 1 aliphatic heterocycles. The molecule has 2 nitrogen and oxygen atoms in total. The second-order valence-corrected chi connectivity index (χ2v) is 5.67. The molecule has 1 heterocycles. The average Bonchev–Trinajstić information content (AvgIpc) is 2.53. The second kappa shape index (κ2) is 4.50. The summed E-state index contributed by atoms with van der Waals surface area (Å²) >= 11 is 7.02. The SMILES string of the molecule is Brc1cc2cc3c(cc2cc1Br)OCCCO3. The van der Waals surface area contributed by atoms with Gasteiger partial charge in [0.2, 0.25) is 0 Å². The summed E-state index contributed by atoms with van der Waals surface area (Å²) in [6.45, 7) is 1.44. The molecule has 0 N–H and O–H groups in total. The van der Waals surface area contributed by atoms with Crippen LogP contribution in [0.4, 0.5) is 0 Å². The molecule has 1 aliphatic rings. The molecule has 4 heteroatoms. The monoisotopic (exact) mass is 356 g/mol. The molecule has 2 aromatic rings. The summed E-state index contributed by atoms with van der Waals surface area (Å²) in [4.78, 5) is 0. The molecule has 0 bridgehead atoms. The lowest BCUT2D eigenvalue weighted by Gasteiger charge is -2.09. The molecule has 0 saturated heterocycles. The Morgan fingerprint density at radius 2 is 1.24 bits per heavy atom. The van der Waals surface area contributed by atoms with Gasteiger partial charge in [0.05, 0.1) is 13.2 Å². The van der Waals surface area contributed by atoms with Gasteiger partial charge in [-0.05, 0) is 66.9 Å². The first-order valence-corrected chi connectivity index (χ1v) is 7.01. The van der Waals surface area contributed by atoms with Crippen molar-refractivity contribution in [3.63, 3.8) is 0 Å². The third kappa shape index (κ3) is 2.16. The van der Waals surface area contributed by atoms with Gasteiger partial charge < -0.3 is 9.47 Å². The first kappa shape index (κ1) is 11.4. The highest BCUT2D eigenvalue weighted by molar-refractivity contribution is 9.13. The van der Waals surface area contributed by atoms with Crippen molar-refractivity contribution < 1.29 is 9.47 Å². The number of fused-ring (bicyclic) bond motifs is 2. The first-order valence-electron chi connectivity index (χ1n) is 5.42. The van der Waals surface area contributed by atoms with Crippen molar-refractivity contribution in [2.75, 3.05) is 13.2 Å². The lowest BCUT2D eigenvalue weighted by Crippen LogP contribution is -1.97. The van der Waals surface area contributed by atoms with Crippen LogP contribution in [0, 0.1) is 0 Å². The van der Waals surface area contributed by atoms with E-state index in [0.717, 1.165) is 50.9 Å². The summed E-state index contributed by atoms with van der Waals surface area (Å²) in [5, 5.41) is 2.29. The van der Waals surface area contributed by atoms with Gasteiger partial charge in [0.1, 0.15) is 0 Å². The Kier molecular flexibility index (Phi) is 3.01. The molecule has 0 radical (unpaired) electrons. The van der Waals surface area contributed by atoms with Crippen LogP contribution < -0.4 is 9.47 Å². The van der Waals surface area contributed by atoms with Crippen molar-refractivity contribution in [1.82, 2.24) is 0 Å². The number of halogens is 2. The van der Waals surface area contributed by atoms with E-state index in [4.69, 9.17) is 9.47 Å². The van der Waals surface area contributed by atoms with Crippen molar-refractivity contribution in [3.05, 3.63) is 33.2 Å². The van der Waals surface area contributed by atoms with Gasteiger partial charge >= 0.3 is 0 Å². The van der Waals surface area contributed by atoms with Crippen LogP contribution in [-0.4, -0.2) is 13.2 Å². The zero-order valence-electron chi connectivity index (χ0n) is 9.00. The lowest BCUT2D eigenvalue weighted by atomic mass is 10.1. The minimum atomic E-state index is 0.718. The summed E-state index contributed by atoms with van der Waals surface area (Å²) in [6.07, 6.45) is 0.929. The summed E-state index contributed by atoms with van der Waals surface area (Å²) in [7, 11) is 0. The highest BCUT2D eigenvalue weighted by Gasteiger charge is 2.12. The maximum absolute atomic E-state index is 5.67.